The molecule has 2 N–H and O–H groups in total. The topological polar surface area (TPSA) is 77.7 Å². The molecule has 1 aliphatic heterocycles. The van der Waals surface area contributed by atoms with Crippen molar-refractivity contribution in [2.45, 2.75) is 13.5 Å². The summed E-state index contributed by atoms with van der Waals surface area (Å²) in [5, 5.41) is 3.60. The third-order valence-electron chi connectivity index (χ3n) is 5.98. The van der Waals surface area contributed by atoms with Crippen LogP contribution in [0.3, 0.4) is 0 Å². The van der Waals surface area contributed by atoms with Crippen molar-refractivity contribution in [3.05, 3.63) is 75.6 Å². The number of aromatic nitrogens is 1. The Morgan fingerprint density at radius 1 is 1.12 bits per heavy atom. The van der Waals surface area contributed by atoms with E-state index in [1.54, 1.807) is 6.07 Å². The Labute approximate surface area is 188 Å². The lowest BCUT2D eigenvalue weighted by atomic mass is 10.1. The number of carbonyl (C=O) groups excluding carboxylic acids is 1. The first kappa shape index (κ1) is 22.0. The van der Waals surface area contributed by atoms with Crippen molar-refractivity contribution in [2.24, 2.45) is 0 Å². The maximum Gasteiger partial charge on any atom is 0.268 e. The van der Waals surface area contributed by atoms with Crippen molar-refractivity contribution in [1.29, 1.82) is 0 Å². The molecule has 0 atom stereocenters. The smallest absolute Gasteiger partial charge is 0.268 e. The summed E-state index contributed by atoms with van der Waals surface area (Å²) in [4.78, 5) is 33.9. The van der Waals surface area contributed by atoms with Gasteiger partial charge in [0.25, 0.3) is 5.91 Å². The van der Waals surface area contributed by atoms with E-state index in [9.17, 15) is 9.59 Å². The molecule has 0 radical (unpaired) electrons. The molecule has 32 heavy (non-hydrogen) atoms. The van der Waals surface area contributed by atoms with Crippen LogP contribution in [-0.4, -0.2) is 62.2 Å². The van der Waals surface area contributed by atoms with Crippen LogP contribution in [0.1, 0.15) is 21.6 Å². The van der Waals surface area contributed by atoms with E-state index >= 15 is 0 Å². The van der Waals surface area contributed by atoms with E-state index in [-0.39, 0.29) is 11.3 Å². The molecule has 4 rings (SSSR count). The lowest BCUT2D eigenvalue weighted by molar-refractivity contribution is 0.0339. The number of fused-ring (bicyclic) bond motifs is 1. The van der Waals surface area contributed by atoms with E-state index in [1.165, 1.54) is 5.56 Å². The van der Waals surface area contributed by atoms with Crippen molar-refractivity contribution >= 4 is 22.5 Å². The molecule has 0 spiro atoms. The highest BCUT2D eigenvalue weighted by Gasteiger charge is 2.21. The molecule has 2 aromatic carbocycles. The number of pyridine rings is 1. The summed E-state index contributed by atoms with van der Waals surface area (Å²) < 4.78 is 5.42. The van der Waals surface area contributed by atoms with Gasteiger partial charge in [0, 0.05) is 61.9 Å². The van der Waals surface area contributed by atoms with Gasteiger partial charge in [-0.1, -0.05) is 30.3 Å². The number of rotatable bonds is 7. The normalized spacial score (nSPS) is 14.4. The number of aromatic amines is 1. The average molecular weight is 435 g/mol. The number of benzene rings is 2. The highest BCUT2D eigenvalue weighted by Crippen LogP contribution is 2.17. The molecule has 0 saturated carbocycles. The Kier molecular flexibility index (Phi) is 6.87. The zero-order valence-electron chi connectivity index (χ0n) is 18.7. The first-order chi connectivity index (χ1) is 15.5. The van der Waals surface area contributed by atoms with Crippen LogP contribution in [0.5, 0.6) is 0 Å². The van der Waals surface area contributed by atoms with Gasteiger partial charge in [-0.15, -0.1) is 0 Å². The summed E-state index contributed by atoms with van der Waals surface area (Å²) >= 11 is 0. The molecule has 7 nitrogen and oxygen atoms in total. The first-order valence-corrected chi connectivity index (χ1v) is 11.0. The molecular weight excluding hydrogens is 404 g/mol. The van der Waals surface area contributed by atoms with Crippen LogP contribution in [0.4, 0.5) is 5.69 Å². The molecule has 0 bridgehead atoms. The summed E-state index contributed by atoms with van der Waals surface area (Å²) in [6, 6.07) is 15.5. The van der Waals surface area contributed by atoms with Gasteiger partial charge in [0.05, 0.1) is 13.2 Å². The van der Waals surface area contributed by atoms with Crippen LogP contribution in [-0.2, 0) is 11.3 Å². The monoisotopic (exact) mass is 434 g/mol. The maximum atomic E-state index is 13.3. The van der Waals surface area contributed by atoms with Crippen LogP contribution in [0.15, 0.2) is 53.3 Å². The molecule has 1 aromatic heterocycles. The SMILES string of the molecule is Cc1ccccc1N(C)CCNC(=O)c1[nH]c2ccccc2c(=O)c1CN1CCOCC1. The molecule has 1 fully saturated rings. The zero-order chi connectivity index (χ0) is 22.5. The van der Waals surface area contributed by atoms with E-state index in [0.29, 0.717) is 55.0 Å². The standard InChI is InChI=1S/C25H30N4O3/c1-18-7-3-6-10-22(18)28(2)12-11-26-25(31)23-20(17-29-13-15-32-16-14-29)24(30)19-8-4-5-9-21(19)27-23/h3-10H,11-17H2,1-2H3,(H,26,31)(H,27,30). The first-order valence-electron chi connectivity index (χ1n) is 11.0. The van der Waals surface area contributed by atoms with Gasteiger partial charge in [0.2, 0.25) is 0 Å². The number of anilines is 1. The Hall–Kier alpha value is -3.16. The minimum Gasteiger partial charge on any atom is -0.379 e. The van der Waals surface area contributed by atoms with Crippen LogP contribution in [0.2, 0.25) is 0 Å². The number of nitrogens with one attached hydrogen (secondary N) is 2. The fraction of sp³-hybridized carbons (Fsp3) is 0.360. The number of H-pyrrole nitrogens is 1. The zero-order valence-corrected chi connectivity index (χ0v) is 18.7. The fourth-order valence-corrected chi connectivity index (χ4v) is 4.14. The summed E-state index contributed by atoms with van der Waals surface area (Å²) in [6.45, 7) is 6.39. The Morgan fingerprint density at radius 3 is 2.62 bits per heavy atom. The van der Waals surface area contributed by atoms with E-state index in [4.69, 9.17) is 4.74 Å². The molecule has 0 aliphatic carbocycles. The number of para-hydroxylation sites is 2. The van der Waals surface area contributed by atoms with Gasteiger partial charge >= 0.3 is 0 Å². The van der Waals surface area contributed by atoms with Crippen molar-refractivity contribution in [2.75, 3.05) is 51.3 Å². The molecule has 1 aliphatic rings. The van der Waals surface area contributed by atoms with E-state index in [0.717, 1.165) is 18.8 Å². The van der Waals surface area contributed by atoms with Crippen molar-refractivity contribution < 1.29 is 9.53 Å². The number of carbonyl (C=O) groups is 1. The number of hydrogen-bond donors (Lipinski definition) is 2. The lowest BCUT2D eigenvalue weighted by Crippen LogP contribution is -2.39. The molecular formula is C25H30N4O3. The predicted molar refractivity (Wildman–Crippen MR) is 127 cm³/mol. The average Bonchev–Trinajstić information content (AvgIpc) is 2.81. The van der Waals surface area contributed by atoms with E-state index in [2.05, 4.69) is 39.2 Å². The maximum absolute atomic E-state index is 13.3. The van der Waals surface area contributed by atoms with Crippen molar-refractivity contribution in [1.82, 2.24) is 15.2 Å². The Bertz CT molecular complexity index is 1150. The van der Waals surface area contributed by atoms with Crippen LogP contribution in [0, 0.1) is 6.92 Å². The van der Waals surface area contributed by atoms with E-state index in [1.807, 2.05) is 37.4 Å². The van der Waals surface area contributed by atoms with Gasteiger partial charge in [-0.3, -0.25) is 14.5 Å². The molecule has 7 heteroatoms. The summed E-state index contributed by atoms with van der Waals surface area (Å²) in [5.74, 6) is -0.255. The largest absolute Gasteiger partial charge is 0.379 e. The lowest BCUT2D eigenvalue weighted by Gasteiger charge is -2.27. The second kappa shape index (κ2) is 9.97. The quantitative estimate of drug-likeness (QED) is 0.598. The van der Waals surface area contributed by atoms with Crippen molar-refractivity contribution in [3.63, 3.8) is 0 Å². The number of likely N-dealkylation sites (N-methyl/N-ethyl adjacent to an activating group) is 1. The molecule has 168 valence electrons. The predicted octanol–water partition coefficient (Wildman–Crippen LogP) is 2.53. The molecule has 2 heterocycles. The number of aryl methyl sites for hydroxylation is 1. The minimum atomic E-state index is -0.255. The van der Waals surface area contributed by atoms with E-state index < -0.39 is 0 Å². The highest BCUT2D eigenvalue weighted by atomic mass is 16.5. The highest BCUT2D eigenvalue weighted by molar-refractivity contribution is 5.96. The van der Waals surface area contributed by atoms with Crippen LogP contribution < -0.4 is 15.6 Å². The minimum absolute atomic E-state index is 0.0898. The van der Waals surface area contributed by atoms with Gasteiger partial charge < -0.3 is 19.9 Å². The summed E-state index contributed by atoms with van der Waals surface area (Å²) in [5.41, 5.74) is 3.76. The van der Waals surface area contributed by atoms with Crippen LogP contribution in [0.25, 0.3) is 10.9 Å². The number of morpholine rings is 1. The number of hydrogen-bond acceptors (Lipinski definition) is 5. The van der Waals surface area contributed by atoms with Gasteiger partial charge in [-0.2, -0.15) is 0 Å². The molecule has 1 amide bonds. The summed E-state index contributed by atoms with van der Waals surface area (Å²) in [7, 11) is 2.01. The fourth-order valence-electron chi connectivity index (χ4n) is 4.14. The third-order valence-corrected chi connectivity index (χ3v) is 5.98. The van der Waals surface area contributed by atoms with Crippen LogP contribution >= 0.6 is 0 Å². The van der Waals surface area contributed by atoms with Crippen molar-refractivity contribution in [3.8, 4) is 0 Å². The van der Waals surface area contributed by atoms with Gasteiger partial charge in [-0.25, -0.2) is 0 Å². The number of nitrogens with zero attached hydrogens (tertiary/aromatic N) is 2. The van der Waals surface area contributed by atoms with Gasteiger partial charge in [0.15, 0.2) is 5.43 Å². The van der Waals surface area contributed by atoms with Gasteiger partial charge in [-0.05, 0) is 30.7 Å². The summed E-state index contributed by atoms with van der Waals surface area (Å²) in [6.07, 6.45) is 0. The van der Waals surface area contributed by atoms with Gasteiger partial charge in [0.1, 0.15) is 5.69 Å². The molecule has 3 aromatic rings. The number of amides is 1. The molecule has 0 unspecified atom stereocenters. The molecule has 1 saturated heterocycles. The Morgan fingerprint density at radius 2 is 1.84 bits per heavy atom. The number of ether oxygens (including phenoxy) is 1. The second-order valence-corrected chi connectivity index (χ2v) is 8.21. The third kappa shape index (κ3) is 4.84. The Balaban J connectivity index is 1.53. The second-order valence-electron chi connectivity index (χ2n) is 8.21.